The van der Waals surface area contributed by atoms with Crippen LogP contribution in [0.3, 0.4) is 0 Å². The lowest BCUT2D eigenvalue weighted by Gasteiger charge is -2.04. The number of benzene rings is 1. The summed E-state index contributed by atoms with van der Waals surface area (Å²) in [7, 11) is 1.24. The minimum Gasteiger partial charge on any atom is -0.464 e. The van der Waals surface area contributed by atoms with Crippen molar-refractivity contribution in [2.45, 2.75) is 0 Å². The van der Waals surface area contributed by atoms with Gasteiger partial charge in [-0.3, -0.25) is 10.1 Å². The van der Waals surface area contributed by atoms with Crippen molar-refractivity contribution in [1.82, 2.24) is 9.97 Å². The largest absolute Gasteiger partial charge is 0.464 e. The number of rotatable bonds is 4. The van der Waals surface area contributed by atoms with E-state index in [2.05, 4.69) is 14.7 Å². The first kappa shape index (κ1) is 13.4. The molecular formula is C12H9N3O5. The highest BCUT2D eigenvalue weighted by atomic mass is 16.6. The van der Waals surface area contributed by atoms with Crippen LogP contribution in [0.2, 0.25) is 0 Å². The van der Waals surface area contributed by atoms with Gasteiger partial charge in [0.05, 0.1) is 24.4 Å². The molecule has 0 bridgehead atoms. The fraction of sp³-hybridized carbons (Fsp3) is 0.0833. The Morgan fingerprint density at radius 3 is 2.40 bits per heavy atom. The monoisotopic (exact) mass is 275 g/mol. The summed E-state index contributed by atoms with van der Waals surface area (Å²) in [5, 5.41) is 10.5. The summed E-state index contributed by atoms with van der Waals surface area (Å²) >= 11 is 0. The van der Waals surface area contributed by atoms with Crippen LogP contribution >= 0.6 is 0 Å². The lowest BCUT2D eigenvalue weighted by molar-refractivity contribution is -0.384. The summed E-state index contributed by atoms with van der Waals surface area (Å²) in [5.41, 5.74) is 0.0213. The summed E-state index contributed by atoms with van der Waals surface area (Å²) < 4.78 is 9.82. The van der Waals surface area contributed by atoms with Gasteiger partial charge in [-0.05, 0) is 12.1 Å². The van der Waals surface area contributed by atoms with Gasteiger partial charge in [-0.1, -0.05) is 0 Å². The zero-order valence-electron chi connectivity index (χ0n) is 10.3. The van der Waals surface area contributed by atoms with E-state index in [0.717, 1.165) is 0 Å². The van der Waals surface area contributed by atoms with E-state index in [-0.39, 0.29) is 17.3 Å². The zero-order valence-corrected chi connectivity index (χ0v) is 10.3. The second kappa shape index (κ2) is 5.74. The number of aromatic nitrogens is 2. The minimum atomic E-state index is -0.598. The van der Waals surface area contributed by atoms with E-state index in [1.54, 1.807) is 0 Å². The van der Waals surface area contributed by atoms with E-state index < -0.39 is 10.9 Å². The molecule has 2 rings (SSSR count). The molecule has 2 aromatic rings. The number of non-ortho nitro benzene ring substituents is 1. The van der Waals surface area contributed by atoms with Crippen molar-refractivity contribution >= 4 is 11.7 Å². The first-order valence-corrected chi connectivity index (χ1v) is 5.43. The van der Waals surface area contributed by atoms with Crippen LogP contribution < -0.4 is 4.74 Å². The van der Waals surface area contributed by atoms with E-state index in [0.29, 0.717) is 5.75 Å². The Morgan fingerprint density at radius 1 is 1.20 bits per heavy atom. The Bertz CT molecular complexity index is 625. The van der Waals surface area contributed by atoms with Crippen molar-refractivity contribution in [3.63, 3.8) is 0 Å². The standard InChI is InChI=1S/C12H9N3O5/c1-19-12(16)10-6-14-11(7-13-10)20-9-4-2-8(3-5-9)15(17)18/h2-7H,1H3. The highest BCUT2D eigenvalue weighted by Crippen LogP contribution is 2.21. The summed E-state index contributed by atoms with van der Waals surface area (Å²) in [4.78, 5) is 28.9. The lowest BCUT2D eigenvalue weighted by atomic mass is 10.3. The number of nitro groups is 1. The normalized spacial score (nSPS) is 9.85. The minimum absolute atomic E-state index is 0.0375. The Morgan fingerprint density at radius 2 is 1.90 bits per heavy atom. The molecule has 102 valence electrons. The van der Waals surface area contributed by atoms with Crippen molar-refractivity contribution in [2.75, 3.05) is 7.11 Å². The Hall–Kier alpha value is -3.03. The third kappa shape index (κ3) is 3.05. The number of esters is 1. The number of ether oxygens (including phenoxy) is 2. The molecule has 0 aliphatic carbocycles. The Balaban J connectivity index is 2.10. The van der Waals surface area contributed by atoms with Gasteiger partial charge < -0.3 is 9.47 Å². The number of hydrogen-bond acceptors (Lipinski definition) is 7. The molecule has 0 aliphatic heterocycles. The molecule has 1 aromatic heterocycles. The average Bonchev–Trinajstić information content (AvgIpc) is 2.48. The molecule has 8 nitrogen and oxygen atoms in total. The second-order valence-electron chi connectivity index (χ2n) is 3.58. The number of carbonyl (C=O) groups is 1. The van der Waals surface area contributed by atoms with E-state index in [1.807, 2.05) is 0 Å². The first-order valence-electron chi connectivity index (χ1n) is 5.43. The quantitative estimate of drug-likeness (QED) is 0.477. The Labute approximate surface area is 113 Å². The smallest absolute Gasteiger partial charge is 0.358 e. The zero-order chi connectivity index (χ0) is 14.5. The SMILES string of the molecule is COC(=O)c1cnc(Oc2ccc([N+](=O)[O-])cc2)cn1. The Kier molecular flexibility index (Phi) is 3.85. The molecule has 0 N–H and O–H groups in total. The highest BCUT2D eigenvalue weighted by molar-refractivity contribution is 5.86. The molecule has 0 fully saturated rings. The van der Waals surface area contributed by atoms with Gasteiger partial charge in [0.1, 0.15) is 5.75 Å². The third-order valence-corrected chi connectivity index (χ3v) is 2.29. The number of nitro benzene ring substituents is 1. The van der Waals surface area contributed by atoms with E-state index in [1.165, 1.54) is 43.8 Å². The van der Waals surface area contributed by atoms with Crippen LogP contribution in [0.15, 0.2) is 36.7 Å². The molecule has 0 saturated heterocycles. The molecule has 0 saturated carbocycles. The molecule has 0 aliphatic rings. The van der Waals surface area contributed by atoms with E-state index in [4.69, 9.17) is 4.74 Å². The molecule has 1 aromatic carbocycles. The molecule has 1 heterocycles. The predicted molar refractivity (Wildman–Crippen MR) is 66.5 cm³/mol. The van der Waals surface area contributed by atoms with Crippen molar-refractivity contribution < 1.29 is 19.2 Å². The molecular weight excluding hydrogens is 266 g/mol. The van der Waals surface area contributed by atoms with Crippen LogP contribution in [0.25, 0.3) is 0 Å². The van der Waals surface area contributed by atoms with Crippen molar-refractivity contribution in [3.05, 3.63) is 52.5 Å². The first-order chi connectivity index (χ1) is 9.60. The van der Waals surface area contributed by atoms with E-state index in [9.17, 15) is 14.9 Å². The van der Waals surface area contributed by atoms with Crippen LogP contribution in [-0.4, -0.2) is 28.0 Å². The van der Waals surface area contributed by atoms with Crippen molar-refractivity contribution in [1.29, 1.82) is 0 Å². The van der Waals surface area contributed by atoms with Crippen molar-refractivity contribution in [2.24, 2.45) is 0 Å². The van der Waals surface area contributed by atoms with Gasteiger partial charge in [0.15, 0.2) is 5.69 Å². The molecule has 20 heavy (non-hydrogen) atoms. The predicted octanol–water partition coefficient (Wildman–Crippen LogP) is 1.96. The topological polar surface area (TPSA) is 104 Å². The average molecular weight is 275 g/mol. The number of methoxy groups -OCH3 is 1. The van der Waals surface area contributed by atoms with Gasteiger partial charge in [-0.15, -0.1) is 0 Å². The van der Waals surface area contributed by atoms with Gasteiger partial charge >= 0.3 is 5.97 Å². The maximum Gasteiger partial charge on any atom is 0.358 e. The van der Waals surface area contributed by atoms with Crippen molar-refractivity contribution in [3.8, 4) is 11.6 Å². The van der Waals surface area contributed by atoms with Gasteiger partial charge in [0, 0.05) is 12.1 Å². The number of hydrogen-bond donors (Lipinski definition) is 0. The lowest BCUT2D eigenvalue weighted by Crippen LogP contribution is -2.04. The number of nitrogens with zero attached hydrogens (tertiary/aromatic N) is 3. The van der Waals surface area contributed by atoms with E-state index >= 15 is 0 Å². The van der Waals surface area contributed by atoms with Gasteiger partial charge in [-0.25, -0.2) is 14.8 Å². The number of carbonyl (C=O) groups excluding carboxylic acids is 1. The fourth-order valence-corrected chi connectivity index (χ4v) is 1.34. The molecule has 0 amide bonds. The second-order valence-corrected chi connectivity index (χ2v) is 3.58. The molecule has 0 atom stereocenters. The fourth-order valence-electron chi connectivity index (χ4n) is 1.34. The summed E-state index contributed by atoms with van der Waals surface area (Å²) in [6, 6.07) is 5.50. The van der Waals surface area contributed by atoms with Crippen LogP contribution in [0.1, 0.15) is 10.5 Å². The van der Waals surface area contributed by atoms with Crippen LogP contribution in [0, 0.1) is 10.1 Å². The van der Waals surface area contributed by atoms with Crippen LogP contribution in [0.4, 0.5) is 5.69 Å². The maximum absolute atomic E-state index is 11.2. The van der Waals surface area contributed by atoms with Crippen LogP contribution in [0.5, 0.6) is 11.6 Å². The summed E-state index contributed by atoms with van der Waals surface area (Å²) in [6.45, 7) is 0. The van der Waals surface area contributed by atoms with Gasteiger partial charge in [-0.2, -0.15) is 0 Å². The third-order valence-electron chi connectivity index (χ3n) is 2.29. The summed E-state index contributed by atoms with van der Waals surface area (Å²) in [6.07, 6.45) is 2.47. The molecule has 0 radical (unpaired) electrons. The highest BCUT2D eigenvalue weighted by Gasteiger charge is 2.09. The van der Waals surface area contributed by atoms with Gasteiger partial charge in [0.2, 0.25) is 5.88 Å². The molecule has 0 spiro atoms. The van der Waals surface area contributed by atoms with Gasteiger partial charge in [0.25, 0.3) is 5.69 Å². The molecule has 0 unspecified atom stereocenters. The van der Waals surface area contributed by atoms with Crippen LogP contribution in [-0.2, 0) is 4.74 Å². The maximum atomic E-state index is 11.2. The molecule has 8 heteroatoms. The summed E-state index contributed by atoms with van der Waals surface area (Å²) in [5.74, 6) is -0.0680.